The van der Waals surface area contributed by atoms with Gasteiger partial charge in [-0.15, -0.1) is 5.76 Å². The van der Waals surface area contributed by atoms with Crippen molar-refractivity contribution in [3.05, 3.63) is 47.2 Å². The van der Waals surface area contributed by atoms with Gasteiger partial charge in [-0.3, -0.25) is 0 Å². The SMILES string of the molecule is [Na+].[O-]C1=C(Cc2ccccc2)CCCC1. The molecule has 0 amide bonds. The predicted octanol–water partition coefficient (Wildman–Crippen LogP) is -0.579. The number of rotatable bonds is 2. The van der Waals surface area contributed by atoms with Crippen LogP contribution >= 0.6 is 0 Å². The second kappa shape index (κ2) is 6.37. The van der Waals surface area contributed by atoms with Crippen LogP contribution in [0.1, 0.15) is 31.2 Å². The summed E-state index contributed by atoms with van der Waals surface area (Å²) in [5.74, 6) is 0.389. The zero-order valence-corrected chi connectivity index (χ0v) is 11.3. The topological polar surface area (TPSA) is 23.1 Å². The van der Waals surface area contributed by atoms with Crippen molar-refractivity contribution in [2.45, 2.75) is 32.1 Å². The molecule has 0 saturated carbocycles. The van der Waals surface area contributed by atoms with Crippen LogP contribution in [-0.4, -0.2) is 0 Å². The van der Waals surface area contributed by atoms with Gasteiger partial charge in [-0.05, 0) is 31.2 Å². The van der Waals surface area contributed by atoms with Gasteiger partial charge in [0.15, 0.2) is 0 Å². The zero-order valence-electron chi connectivity index (χ0n) is 9.33. The Morgan fingerprint density at radius 2 is 1.67 bits per heavy atom. The van der Waals surface area contributed by atoms with E-state index >= 15 is 0 Å². The van der Waals surface area contributed by atoms with Crippen LogP contribution in [0.2, 0.25) is 0 Å². The van der Waals surface area contributed by atoms with Gasteiger partial charge in [-0.1, -0.05) is 42.3 Å². The van der Waals surface area contributed by atoms with Crippen LogP contribution in [0.15, 0.2) is 41.7 Å². The first-order valence-corrected chi connectivity index (χ1v) is 5.28. The van der Waals surface area contributed by atoms with Crippen LogP contribution in [0.5, 0.6) is 0 Å². The second-order valence-electron chi connectivity index (χ2n) is 3.90. The zero-order chi connectivity index (χ0) is 9.80. The van der Waals surface area contributed by atoms with E-state index in [1.54, 1.807) is 0 Å². The normalized spacial score (nSPS) is 16.0. The van der Waals surface area contributed by atoms with Gasteiger partial charge in [0.05, 0.1) is 0 Å². The molecule has 74 valence electrons. The molecule has 0 aromatic heterocycles. The van der Waals surface area contributed by atoms with Gasteiger partial charge in [0.2, 0.25) is 0 Å². The minimum Gasteiger partial charge on any atom is -0.875 e. The van der Waals surface area contributed by atoms with Gasteiger partial charge in [-0.25, -0.2) is 0 Å². The van der Waals surface area contributed by atoms with Gasteiger partial charge >= 0.3 is 29.6 Å². The molecule has 0 unspecified atom stereocenters. The first-order valence-electron chi connectivity index (χ1n) is 5.28. The maximum absolute atomic E-state index is 11.6. The summed E-state index contributed by atoms with van der Waals surface area (Å²) in [5, 5.41) is 11.6. The Kier molecular flexibility index (Phi) is 5.44. The van der Waals surface area contributed by atoms with E-state index < -0.39 is 0 Å². The van der Waals surface area contributed by atoms with E-state index in [-0.39, 0.29) is 29.6 Å². The summed E-state index contributed by atoms with van der Waals surface area (Å²) in [4.78, 5) is 0. The smallest absolute Gasteiger partial charge is 0.875 e. The molecular weight excluding hydrogens is 195 g/mol. The van der Waals surface area contributed by atoms with E-state index in [1.165, 1.54) is 12.0 Å². The Bertz CT molecular complexity index is 330. The summed E-state index contributed by atoms with van der Waals surface area (Å²) in [6.45, 7) is 0. The van der Waals surface area contributed by atoms with E-state index in [1.807, 2.05) is 18.2 Å². The molecule has 1 aliphatic carbocycles. The maximum Gasteiger partial charge on any atom is 1.00 e. The first-order chi connectivity index (χ1) is 6.86. The minimum absolute atomic E-state index is 0. The van der Waals surface area contributed by atoms with E-state index in [0.29, 0.717) is 5.76 Å². The largest absolute Gasteiger partial charge is 1.00 e. The third-order valence-electron chi connectivity index (χ3n) is 2.79. The molecule has 0 saturated heterocycles. The fourth-order valence-electron chi connectivity index (χ4n) is 1.97. The average molecular weight is 210 g/mol. The van der Waals surface area contributed by atoms with Crippen molar-refractivity contribution in [2.75, 3.05) is 0 Å². The third kappa shape index (κ3) is 3.67. The fourth-order valence-corrected chi connectivity index (χ4v) is 1.97. The van der Waals surface area contributed by atoms with Crippen LogP contribution < -0.4 is 34.7 Å². The Morgan fingerprint density at radius 3 is 2.33 bits per heavy atom. The third-order valence-corrected chi connectivity index (χ3v) is 2.79. The van der Waals surface area contributed by atoms with Crippen LogP contribution in [0.3, 0.4) is 0 Å². The summed E-state index contributed by atoms with van der Waals surface area (Å²) in [7, 11) is 0. The maximum atomic E-state index is 11.6. The minimum atomic E-state index is 0. The quantitative estimate of drug-likeness (QED) is 0.599. The Balaban J connectivity index is 0.00000112. The van der Waals surface area contributed by atoms with Crippen molar-refractivity contribution in [1.82, 2.24) is 0 Å². The van der Waals surface area contributed by atoms with Crippen molar-refractivity contribution >= 4 is 0 Å². The van der Waals surface area contributed by atoms with Crippen LogP contribution in [0.25, 0.3) is 0 Å². The molecule has 1 aliphatic rings. The van der Waals surface area contributed by atoms with Crippen molar-refractivity contribution in [1.29, 1.82) is 0 Å². The molecule has 2 rings (SSSR count). The molecule has 15 heavy (non-hydrogen) atoms. The molecule has 0 fully saturated rings. The van der Waals surface area contributed by atoms with Crippen molar-refractivity contribution in [3.8, 4) is 0 Å². The molecule has 0 radical (unpaired) electrons. The molecule has 1 aromatic carbocycles. The van der Waals surface area contributed by atoms with Crippen molar-refractivity contribution in [2.24, 2.45) is 0 Å². The van der Waals surface area contributed by atoms with Gasteiger partial charge in [0.25, 0.3) is 0 Å². The van der Waals surface area contributed by atoms with Gasteiger partial charge < -0.3 is 5.11 Å². The summed E-state index contributed by atoms with van der Waals surface area (Å²) in [5.41, 5.74) is 2.39. The monoisotopic (exact) mass is 210 g/mol. The molecule has 0 aliphatic heterocycles. The van der Waals surface area contributed by atoms with E-state index in [2.05, 4.69) is 12.1 Å². The summed E-state index contributed by atoms with van der Waals surface area (Å²) in [6.07, 6.45) is 4.90. The average Bonchev–Trinajstić information content (AvgIpc) is 2.23. The van der Waals surface area contributed by atoms with Gasteiger partial charge in [0, 0.05) is 0 Å². The van der Waals surface area contributed by atoms with Crippen LogP contribution in [0.4, 0.5) is 0 Å². The van der Waals surface area contributed by atoms with E-state index in [9.17, 15) is 5.11 Å². The Hall–Kier alpha value is -0.240. The van der Waals surface area contributed by atoms with Crippen LogP contribution in [0, 0.1) is 0 Å². The molecular formula is C13H15NaO. The number of hydrogen-bond donors (Lipinski definition) is 0. The molecule has 1 nitrogen and oxygen atoms in total. The number of benzene rings is 1. The standard InChI is InChI=1S/C13H16O.Na/c14-13-9-5-4-8-12(13)10-11-6-2-1-3-7-11;/h1-3,6-7,14H,4-5,8-10H2;/q;+1/p-1. The van der Waals surface area contributed by atoms with Gasteiger partial charge in [-0.2, -0.15) is 0 Å². The Morgan fingerprint density at radius 1 is 1.00 bits per heavy atom. The summed E-state index contributed by atoms with van der Waals surface area (Å²) in [6, 6.07) is 10.3. The van der Waals surface area contributed by atoms with Crippen molar-refractivity contribution in [3.63, 3.8) is 0 Å². The second-order valence-corrected chi connectivity index (χ2v) is 3.90. The van der Waals surface area contributed by atoms with E-state index in [4.69, 9.17) is 0 Å². The van der Waals surface area contributed by atoms with Crippen LogP contribution in [-0.2, 0) is 6.42 Å². The number of allylic oxidation sites excluding steroid dienone is 2. The van der Waals surface area contributed by atoms with E-state index in [0.717, 1.165) is 31.3 Å². The molecule has 1 aromatic rings. The molecule has 0 heterocycles. The molecule has 0 bridgehead atoms. The Labute approximate surface area is 113 Å². The van der Waals surface area contributed by atoms with Gasteiger partial charge in [0.1, 0.15) is 0 Å². The number of hydrogen-bond acceptors (Lipinski definition) is 1. The molecule has 0 spiro atoms. The summed E-state index contributed by atoms with van der Waals surface area (Å²) >= 11 is 0. The fraction of sp³-hybridized carbons (Fsp3) is 0.385. The van der Waals surface area contributed by atoms with Crippen molar-refractivity contribution < 1.29 is 34.7 Å². The first kappa shape index (κ1) is 12.8. The molecule has 0 N–H and O–H groups in total. The predicted molar refractivity (Wildman–Crippen MR) is 55.6 cm³/mol. The molecule has 2 heteroatoms. The molecule has 0 atom stereocenters. The summed E-state index contributed by atoms with van der Waals surface area (Å²) < 4.78 is 0.